The van der Waals surface area contributed by atoms with Crippen molar-refractivity contribution in [2.75, 3.05) is 5.73 Å². The standard InChI is InChI=1S/C15H20BrN5/c1-10-3-2-4-12(7-5-10)21-15(18-19-20-21)13-9-11(17)6-8-14(13)16/h6,8-10,12H,2-5,7,17H2,1H3. The summed E-state index contributed by atoms with van der Waals surface area (Å²) in [4.78, 5) is 0. The number of nitrogens with zero attached hydrogens (tertiary/aromatic N) is 4. The molecule has 0 bridgehead atoms. The van der Waals surface area contributed by atoms with Crippen LogP contribution in [0.4, 0.5) is 5.69 Å². The monoisotopic (exact) mass is 349 g/mol. The highest BCUT2D eigenvalue weighted by Gasteiger charge is 2.23. The van der Waals surface area contributed by atoms with E-state index in [1.165, 1.54) is 19.3 Å². The molecular formula is C15H20BrN5. The van der Waals surface area contributed by atoms with E-state index in [2.05, 4.69) is 38.4 Å². The maximum atomic E-state index is 5.91. The lowest BCUT2D eigenvalue weighted by atomic mass is 10.0. The Kier molecular flexibility index (Phi) is 4.24. The van der Waals surface area contributed by atoms with E-state index in [1.54, 1.807) is 0 Å². The second-order valence-corrected chi connectivity index (χ2v) is 6.81. The average molecular weight is 350 g/mol. The van der Waals surface area contributed by atoms with Gasteiger partial charge in [-0.15, -0.1) is 5.10 Å². The van der Waals surface area contributed by atoms with E-state index in [0.29, 0.717) is 6.04 Å². The molecule has 112 valence electrons. The van der Waals surface area contributed by atoms with Gasteiger partial charge in [0, 0.05) is 15.7 Å². The molecule has 0 spiro atoms. The molecule has 1 fully saturated rings. The lowest BCUT2D eigenvalue weighted by Crippen LogP contribution is -2.12. The van der Waals surface area contributed by atoms with Crippen LogP contribution in [0.5, 0.6) is 0 Å². The Bertz CT molecular complexity index is 624. The van der Waals surface area contributed by atoms with Crippen LogP contribution >= 0.6 is 15.9 Å². The van der Waals surface area contributed by atoms with Gasteiger partial charge in [0.25, 0.3) is 0 Å². The Morgan fingerprint density at radius 2 is 2.10 bits per heavy atom. The Labute approximate surface area is 133 Å². The third-order valence-electron chi connectivity index (χ3n) is 4.30. The number of anilines is 1. The molecule has 5 nitrogen and oxygen atoms in total. The molecule has 6 heteroatoms. The highest BCUT2D eigenvalue weighted by Crippen LogP contribution is 2.34. The van der Waals surface area contributed by atoms with E-state index < -0.39 is 0 Å². The summed E-state index contributed by atoms with van der Waals surface area (Å²) < 4.78 is 2.95. The molecule has 1 aromatic carbocycles. The van der Waals surface area contributed by atoms with Gasteiger partial charge in [-0.05, 0) is 53.8 Å². The minimum absolute atomic E-state index is 0.383. The summed E-state index contributed by atoms with van der Waals surface area (Å²) in [5.41, 5.74) is 7.58. The van der Waals surface area contributed by atoms with Crippen molar-refractivity contribution in [3.8, 4) is 11.4 Å². The van der Waals surface area contributed by atoms with E-state index in [-0.39, 0.29) is 0 Å². The van der Waals surface area contributed by atoms with E-state index in [0.717, 1.165) is 40.3 Å². The van der Waals surface area contributed by atoms with Gasteiger partial charge in [0.2, 0.25) is 0 Å². The van der Waals surface area contributed by atoms with Crippen LogP contribution in [-0.2, 0) is 0 Å². The fourth-order valence-electron chi connectivity index (χ4n) is 3.04. The number of hydrogen-bond donors (Lipinski definition) is 1. The summed E-state index contributed by atoms with van der Waals surface area (Å²) in [5, 5.41) is 12.4. The zero-order valence-electron chi connectivity index (χ0n) is 12.2. The van der Waals surface area contributed by atoms with Crippen molar-refractivity contribution in [3.63, 3.8) is 0 Å². The maximum Gasteiger partial charge on any atom is 0.183 e. The number of hydrogen-bond acceptors (Lipinski definition) is 4. The summed E-state index contributed by atoms with van der Waals surface area (Å²) in [6.07, 6.45) is 6.06. The average Bonchev–Trinajstić information content (AvgIpc) is 2.84. The van der Waals surface area contributed by atoms with E-state index in [9.17, 15) is 0 Å². The number of benzene rings is 1. The topological polar surface area (TPSA) is 69.6 Å². The van der Waals surface area contributed by atoms with Crippen molar-refractivity contribution < 1.29 is 0 Å². The van der Waals surface area contributed by atoms with E-state index in [1.807, 2.05) is 22.9 Å². The van der Waals surface area contributed by atoms with Gasteiger partial charge < -0.3 is 5.73 Å². The molecule has 21 heavy (non-hydrogen) atoms. The normalized spacial score (nSPS) is 23.0. The van der Waals surface area contributed by atoms with E-state index >= 15 is 0 Å². The first-order chi connectivity index (χ1) is 10.1. The van der Waals surface area contributed by atoms with Crippen molar-refractivity contribution in [1.82, 2.24) is 20.2 Å². The van der Waals surface area contributed by atoms with Crippen LogP contribution in [0, 0.1) is 5.92 Å². The Morgan fingerprint density at radius 3 is 2.95 bits per heavy atom. The van der Waals surface area contributed by atoms with Crippen molar-refractivity contribution in [2.45, 2.75) is 45.1 Å². The smallest absolute Gasteiger partial charge is 0.183 e. The first kappa shape index (κ1) is 14.5. The predicted octanol–water partition coefficient (Wildman–Crippen LogP) is 3.83. The number of aromatic nitrogens is 4. The summed E-state index contributed by atoms with van der Waals surface area (Å²) in [5.74, 6) is 1.60. The molecule has 2 N–H and O–H groups in total. The Balaban J connectivity index is 1.95. The van der Waals surface area contributed by atoms with Gasteiger partial charge in [0.1, 0.15) is 0 Å². The van der Waals surface area contributed by atoms with E-state index in [4.69, 9.17) is 5.73 Å². The number of halogens is 1. The zero-order valence-corrected chi connectivity index (χ0v) is 13.8. The lowest BCUT2D eigenvalue weighted by molar-refractivity contribution is 0.394. The lowest BCUT2D eigenvalue weighted by Gasteiger charge is -2.16. The van der Waals surface area contributed by atoms with Crippen LogP contribution in [0.15, 0.2) is 22.7 Å². The SMILES string of the molecule is CC1CCCC(n2nnnc2-c2cc(N)ccc2Br)CC1. The van der Waals surface area contributed by atoms with Crippen LogP contribution in [-0.4, -0.2) is 20.2 Å². The highest BCUT2D eigenvalue weighted by molar-refractivity contribution is 9.10. The van der Waals surface area contributed by atoms with Crippen LogP contribution in [0.3, 0.4) is 0 Å². The van der Waals surface area contributed by atoms with Crippen LogP contribution in [0.1, 0.15) is 45.1 Å². The third-order valence-corrected chi connectivity index (χ3v) is 4.99. The van der Waals surface area contributed by atoms with Gasteiger partial charge in [-0.25, -0.2) is 4.68 Å². The number of nitrogens with two attached hydrogens (primary N) is 1. The summed E-state index contributed by atoms with van der Waals surface area (Å²) in [7, 11) is 0. The summed E-state index contributed by atoms with van der Waals surface area (Å²) in [6.45, 7) is 2.33. The Morgan fingerprint density at radius 1 is 1.24 bits per heavy atom. The minimum atomic E-state index is 0.383. The molecule has 2 unspecified atom stereocenters. The summed E-state index contributed by atoms with van der Waals surface area (Å²) in [6, 6.07) is 6.12. The second kappa shape index (κ2) is 6.13. The molecule has 1 aliphatic carbocycles. The van der Waals surface area contributed by atoms with Gasteiger partial charge in [-0.2, -0.15) is 0 Å². The van der Waals surface area contributed by atoms with Crippen LogP contribution < -0.4 is 5.73 Å². The van der Waals surface area contributed by atoms with Gasteiger partial charge in [-0.1, -0.05) is 35.7 Å². The molecule has 0 radical (unpaired) electrons. The van der Waals surface area contributed by atoms with Crippen LogP contribution in [0.2, 0.25) is 0 Å². The largest absolute Gasteiger partial charge is 0.399 e. The molecule has 0 saturated heterocycles. The minimum Gasteiger partial charge on any atom is -0.399 e. The number of tetrazole rings is 1. The molecule has 1 saturated carbocycles. The zero-order chi connectivity index (χ0) is 14.8. The Hall–Kier alpha value is -1.43. The second-order valence-electron chi connectivity index (χ2n) is 5.95. The van der Waals surface area contributed by atoms with Gasteiger partial charge in [0.05, 0.1) is 6.04 Å². The quantitative estimate of drug-likeness (QED) is 0.660. The predicted molar refractivity (Wildman–Crippen MR) is 86.7 cm³/mol. The van der Waals surface area contributed by atoms with Crippen molar-refractivity contribution in [2.24, 2.45) is 5.92 Å². The fraction of sp³-hybridized carbons (Fsp3) is 0.533. The van der Waals surface area contributed by atoms with Gasteiger partial charge in [-0.3, -0.25) is 0 Å². The maximum absolute atomic E-state index is 5.91. The molecular weight excluding hydrogens is 330 g/mol. The van der Waals surface area contributed by atoms with Crippen molar-refractivity contribution in [1.29, 1.82) is 0 Å². The molecule has 2 atom stereocenters. The third kappa shape index (κ3) is 3.10. The molecule has 0 amide bonds. The molecule has 1 heterocycles. The van der Waals surface area contributed by atoms with Gasteiger partial charge in [0.15, 0.2) is 5.82 Å². The summed E-state index contributed by atoms with van der Waals surface area (Å²) >= 11 is 3.57. The van der Waals surface area contributed by atoms with Crippen LogP contribution in [0.25, 0.3) is 11.4 Å². The first-order valence-electron chi connectivity index (χ1n) is 7.48. The fourth-order valence-corrected chi connectivity index (χ4v) is 3.47. The van der Waals surface area contributed by atoms with Gasteiger partial charge >= 0.3 is 0 Å². The molecule has 0 aliphatic heterocycles. The molecule has 1 aliphatic rings. The molecule has 2 aromatic rings. The molecule has 3 rings (SSSR count). The first-order valence-corrected chi connectivity index (χ1v) is 8.27. The molecule has 1 aromatic heterocycles. The van der Waals surface area contributed by atoms with Crippen molar-refractivity contribution >= 4 is 21.6 Å². The highest BCUT2D eigenvalue weighted by atomic mass is 79.9. The number of rotatable bonds is 2. The number of nitrogen functional groups attached to an aromatic ring is 1. The van der Waals surface area contributed by atoms with Crippen molar-refractivity contribution in [3.05, 3.63) is 22.7 Å².